The van der Waals surface area contributed by atoms with Crippen molar-refractivity contribution in [2.24, 2.45) is 5.92 Å². The minimum absolute atomic E-state index is 0.265. The molecule has 0 unspecified atom stereocenters. The summed E-state index contributed by atoms with van der Waals surface area (Å²) in [6.07, 6.45) is 3.40. The third-order valence-corrected chi connectivity index (χ3v) is 3.25. The van der Waals surface area contributed by atoms with Gasteiger partial charge in [0.2, 0.25) is 0 Å². The van der Waals surface area contributed by atoms with Crippen LogP contribution in [-0.2, 0) is 14.2 Å². The van der Waals surface area contributed by atoms with Crippen molar-refractivity contribution in [3.8, 4) is 0 Å². The zero-order chi connectivity index (χ0) is 11.5. The van der Waals surface area contributed by atoms with Crippen LogP contribution in [-0.4, -0.2) is 32.2 Å². The lowest BCUT2D eigenvalue weighted by atomic mass is 9.89. The zero-order valence-electron chi connectivity index (χ0n) is 10.6. The molecule has 0 aromatic heterocycles. The van der Waals surface area contributed by atoms with Crippen LogP contribution in [0.25, 0.3) is 0 Å². The van der Waals surface area contributed by atoms with Crippen molar-refractivity contribution in [2.75, 3.05) is 14.2 Å². The Hall–Kier alpha value is -0.120. The fourth-order valence-corrected chi connectivity index (χ4v) is 2.36. The molecular weight excluding hydrogens is 192 g/mol. The van der Waals surface area contributed by atoms with E-state index >= 15 is 0 Å². The number of ether oxygens (including phenoxy) is 3. The Kier molecular flexibility index (Phi) is 4.56. The highest BCUT2D eigenvalue weighted by atomic mass is 16.7. The van der Waals surface area contributed by atoms with E-state index in [1.807, 2.05) is 0 Å². The van der Waals surface area contributed by atoms with Gasteiger partial charge in [-0.1, -0.05) is 13.8 Å². The van der Waals surface area contributed by atoms with Crippen LogP contribution >= 0.6 is 0 Å². The molecule has 0 radical (unpaired) electrons. The van der Waals surface area contributed by atoms with Crippen molar-refractivity contribution in [1.29, 1.82) is 0 Å². The Labute approximate surface area is 93.1 Å². The van der Waals surface area contributed by atoms with Crippen molar-refractivity contribution in [2.45, 2.75) is 58.0 Å². The number of methoxy groups -OCH3 is 2. The van der Waals surface area contributed by atoms with Crippen LogP contribution in [0.2, 0.25) is 0 Å². The lowest BCUT2D eigenvalue weighted by molar-refractivity contribution is -0.262. The first-order valence-corrected chi connectivity index (χ1v) is 5.77. The van der Waals surface area contributed by atoms with E-state index in [2.05, 4.69) is 20.8 Å². The van der Waals surface area contributed by atoms with Crippen LogP contribution in [0.1, 0.15) is 40.0 Å². The van der Waals surface area contributed by atoms with E-state index < -0.39 is 0 Å². The lowest BCUT2D eigenvalue weighted by Gasteiger charge is -2.43. The molecular formula is C12H24O3. The second-order valence-electron chi connectivity index (χ2n) is 4.91. The van der Waals surface area contributed by atoms with Crippen LogP contribution in [0.3, 0.4) is 0 Å². The molecule has 15 heavy (non-hydrogen) atoms. The molecule has 0 amide bonds. The van der Waals surface area contributed by atoms with Gasteiger partial charge in [-0.3, -0.25) is 0 Å². The summed E-state index contributed by atoms with van der Waals surface area (Å²) in [6.45, 7) is 6.48. The third kappa shape index (κ3) is 2.92. The second kappa shape index (κ2) is 5.28. The second-order valence-corrected chi connectivity index (χ2v) is 4.91. The quantitative estimate of drug-likeness (QED) is 0.676. The van der Waals surface area contributed by atoms with E-state index in [0.717, 1.165) is 12.8 Å². The van der Waals surface area contributed by atoms with Crippen molar-refractivity contribution in [3.05, 3.63) is 0 Å². The molecule has 90 valence electrons. The Morgan fingerprint density at radius 1 is 1.27 bits per heavy atom. The van der Waals surface area contributed by atoms with Crippen LogP contribution in [0.15, 0.2) is 0 Å². The van der Waals surface area contributed by atoms with Crippen LogP contribution in [0.5, 0.6) is 0 Å². The Morgan fingerprint density at radius 2 is 1.87 bits per heavy atom. The van der Waals surface area contributed by atoms with E-state index in [9.17, 15) is 0 Å². The molecule has 0 N–H and O–H groups in total. The van der Waals surface area contributed by atoms with E-state index in [-0.39, 0.29) is 11.9 Å². The molecule has 1 heterocycles. The molecule has 0 bridgehead atoms. The van der Waals surface area contributed by atoms with E-state index in [0.29, 0.717) is 12.0 Å². The molecule has 0 saturated carbocycles. The Balaban J connectivity index is 2.66. The highest BCUT2D eigenvalue weighted by Crippen LogP contribution is 2.35. The van der Waals surface area contributed by atoms with Crippen molar-refractivity contribution in [1.82, 2.24) is 0 Å². The predicted octanol–water partition coefficient (Wildman–Crippen LogP) is 2.59. The molecule has 1 aliphatic rings. The van der Waals surface area contributed by atoms with Gasteiger partial charge in [0.1, 0.15) is 5.60 Å². The summed E-state index contributed by atoms with van der Waals surface area (Å²) in [5.74, 6) is 0.555. The summed E-state index contributed by atoms with van der Waals surface area (Å²) >= 11 is 0. The van der Waals surface area contributed by atoms with Crippen molar-refractivity contribution >= 4 is 0 Å². The molecule has 0 spiro atoms. The first-order chi connectivity index (χ1) is 7.03. The number of hydrogen-bond acceptors (Lipinski definition) is 3. The molecule has 3 heteroatoms. The van der Waals surface area contributed by atoms with Gasteiger partial charge < -0.3 is 14.2 Å². The van der Waals surface area contributed by atoms with Gasteiger partial charge in [-0.05, 0) is 32.1 Å². The Morgan fingerprint density at radius 3 is 2.33 bits per heavy atom. The average Bonchev–Trinajstić information content (AvgIpc) is 2.19. The highest BCUT2D eigenvalue weighted by molar-refractivity contribution is 4.86. The lowest BCUT2D eigenvalue weighted by Crippen LogP contribution is -2.50. The molecule has 1 rings (SSSR count). The maximum Gasteiger partial charge on any atom is 0.185 e. The molecule has 1 fully saturated rings. The van der Waals surface area contributed by atoms with Gasteiger partial charge in [-0.2, -0.15) is 0 Å². The maximum atomic E-state index is 6.13. The fourth-order valence-electron chi connectivity index (χ4n) is 2.36. The highest BCUT2D eigenvalue weighted by Gasteiger charge is 2.41. The van der Waals surface area contributed by atoms with Crippen molar-refractivity contribution < 1.29 is 14.2 Å². The normalized spacial score (nSPS) is 32.6. The van der Waals surface area contributed by atoms with E-state index in [4.69, 9.17) is 14.2 Å². The first kappa shape index (κ1) is 12.9. The topological polar surface area (TPSA) is 27.7 Å². The standard InChI is InChI=1S/C12H24O3/c1-9(2)10-7-6-8-12(3,15-10)11(13-4)14-5/h9-11H,6-8H2,1-5H3/t10-,12-/m1/s1. The molecule has 3 nitrogen and oxygen atoms in total. The largest absolute Gasteiger partial charge is 0.367 e. The molecule has 0 aliphatic carbocycles. The molecule has 0 aromatic rings. The predicted molar refractivity (Wildman–Crippen MR) is 59.8 cm³/mol. The minimum Gasteiger partial charge on any atom is -0.367 e. The Bertz CT molecular complexity index is 189. The van der Waals surface area contributed by atoms with Crippen LogP contribution in [0, 0.1) is 5.92 Å². The summed E-state index contributed by atoms with van der Waals surface area (Å²) in [4.78, 5) is 0. The van der Waals surface area contributed by atoms with Gasteiger partial charge in [0.25, 0.3) is 0 Å². The monoisotopic (exact) mass is 216 g/mol. The zero-order valence-corrected chi connectivity index (χ0v) is 10.6. The van der Waals surface area contributed by atoms with Gasteiger partial charge >= 0.3 is 0 Å². The van der Waals surface area contributed by atoms with Gasteiger partial charge in [-0.25, -0.2) is 0 Å². The van der Waals surface area contributed by atoms with Gasteiger partial charge in [-0.15, -0.1) is 0 Å². The van der Waals surface area contributed by atoms with Gasteiger partial charge in [0.15, 0.2) is 6.29 Å². The molecule has 1 aliphatic heterocycles. The summed E-state index contributed by atoms with van der Waals surface area (Å²) in [6, 6.07) is 0. The number of hydrogen-bond donors (Lipinski definition) is 0. The van der Waals surface area contributed by atoms with Gasteiger partial charge in [0.05, 0.1) is 6.10 Å². The van der Waals surface area contributed by atoms with Crippen molar-refractivity contribution in [3.63, 3.8) is 0 Å². The summed E-state index contributed by atoms with van der Waals surface area (Å²) in [7, 11) is 3.34. The molecule has 1 saturated heterocycles. The first-order valence-electron chi connectivity index (χ1n) is 5.77. The van der Waals surface area contributed by atoms with Crippen LogP contribution < -0.4 is 0 Å². The molecule has 2 atom stereocenters. The van der Waals surface area contributed by atoms with Crippen LogP contribution in [0.4, 0.5) is 0 Å². The minimum atomic E-state index is -0.295. The smallest absolute Gasteiger partial charge is 0.185 e. The molecule has 0 aromatic carbocycles. The summed E-state index contributed by atoms with van der Waals surface area (Å²) in [5, 5.41) is 0. The summed E-state index contributed by atoms with van der Waals surface area (Å²) in [5.41, 5.74) is -0.295. The average molecular weight is 216 g/mol. The van der Waals surface area contributed by atoms with E-state index in [1.54, 1.807) is 14.2 Å². The van der Waals surface area contributed by atoms with Gasteiger partial charge in [0, 0.05) is 14.2 Å². The third-order valence-electron chi connectivity index (χ3n) is 3.25. The number of rotatable bonds is 4. The maximum absolute atomic E-state index is 6.13. The summed E-state index contributed by atoms with van der Waals surface area (Å²) < 4.78 is 16.8. The van der Waals surface area contributed by atoms with E-state index in [1.165, 1.54) is 6.42 Å². The fraction of sp³-hybridized carbons (Fsp3) is 1.00. The SMILES string of the molecule is COC(OC)[C@@]1(C)CCC[C@H](C(C)C)O1.